The quantitative estimate of drug-likeness (QED) is 0.0673. The second-order valence-electron chi connectivity index (χ2n) is 12.7. The third kappa shape index (κ3) is 11.9. The van der Waals surface area contributed by atoms with Gasteiger partial charge in [-0.15, -0.1) is 0 Å². The van der Waals surface area contributed by atoms with Crippen molar-refractivity contribution in [2.75, 3.05) is 51.4 Å². The van der Waals surface area contributed by atoms with Gasteiger partial charge in [-0.05, 0) is 64.7 Å². The maximum atomic E-state index is 14.3. The van der Waals surface area contributed by atoms with Crippen molar-refractivity contribution in [3.63, 3.8) is 0 Å². The van der Waals surface area contributed by atoms with Crippen LogP contribution in [0.4, 0.5) is 27.6 Å². The van der Waals surface area contributed by atoms with Crippen LogP contribution in [0.2, 0.25) is 0 Å². The van der Waals surface area contributed by atoms with Crippen LogP contribution >= 0.6 is 0 Å². The molecule has 0 N–H and O–H groups in total. The van der Waals surface area contributed by atoms with Gasteiger partial charge in [0.25, 0.3) is 0 Å². The molecule has 0 aromatic heterocycles. The molecule has 5 rings (SSSR count). The summed E-state index contributed by atoms with van der Waals surface area (Å²) >= 11 is 0. The molecular weight excluding hydrogens is 709 g/mol. The van der Waals surface area contributed by atoms with E-state index in [0.717, 1.165) is 47.6 Å². The van der Waals surface area contributed by atoms with Crippen molar-refractivity contribution in [2.45, 2.75) is 38.4 Å². The van der Waals surface area contributed by atoms with E-state index in [-0.39, 0.29) is 44.4 Å². The van der Waals surface area contributed by atoms with Gasteiger partial charge in [-0.2, -0.15) is 22.0 Å². The van der Waals surface area contributed by atoms with Gasteiger partial charge in [0.15, 0.2) is 0 Å². The van der Waals surface area contributed by atoms with Crippen LogP contribution in [0.25, 0.3) is 6.08 Å². The highest BCUT2D eigenvalue weighted by atomic mass is 19.4. The van der Waals surface area contributed by atoms with Crippen LogP contribution in [-0.2, 0) is 44.8 Å². The Morgan fingerprint density at radius 2 is 1.50 bits per heavy atom. The number of carbonyl (C=O) groups is 2. The van der Waals surface area contributed by atoms with E-state index in [1.165, 1.54) is 46.2 Å². The molecule has 1 aliphatic heterocycles. The monoisotopic (exact) mass is 751 g/mol. The maximum Gasteiger partial charge on any atom is 0.416 e. The molecule has 0 saturated carbocycles. The molecule has 1 atom stereocenters. The summed E-state index contributed by atoms with van der Waals surface area (Å²) < 4.78 is 80.1. The van der Waals surface area contributed by atoms with Crippen LogP contribution in [0.3, 0.4) is 0 Å². The average molecular weight is 752 g/mol. The molecule has 0 unspecified atom stereocenters. The van der Waals surface area contributed by atoms with Crippen molar-refractivity contribution < 1.29 is 45.8 Å². The number of benzene rings is 4. The fourth-order valence-electron chi connectivity index (χ4n) is 5.91. The van der Waals surface area contributed by atoms with Gasteiger partial charge in [-0.25, -0.2) is 0 Å². The topological polar surface area (TPSA) is 71.6 Å². The minimum Gasteiger partial charge on any atom is -0.435 e. The van der Waals surface area contributed by atoms with Crippen LogP contribution in [0.1, 0.15) is 27.8 Å². The number of halogens is 5. The van der Waals surface area contributed by atoms with E-state index in [2.05, 4.69) is 9.64 Å². The van der Waals surface area contributed by atoms with Gasteiger partial charge < -0.3 is 28.9 Å². The number of nitrogens with zero attached hydrogens (tertiary/aromatic N) is 3. The number of morpholine rings is 1. The van der Waals surface area contributed by atoms with E-state index < -0.39 is 30.3 Å². The lowest BCUT2D eigenvalue weighted by Crippen LogP contribution is -2.51. The minimum atomic E-state index is -4.49. The number of rotatable bonds is 16. The summed E-state index contributed by atoms with van der Waals surface area (Å²) in [5.41, 5.74) is 2.94. The zero-order chi connectivity index (χ0) is 38.5. The first-order valence-electron chi connectivity index (χ1n) is 17.4. The Morgan fingerprint density at radius 1 is 0.852 bits per heavy atom. The number of alkyl halides is 5. The fraction of sp³-hybridized carbons (Fsp3) is 0.317. The van der Waals surface area contributed by atoms with Crippen molar-refractivity contribution in [3.05, 3.63) is 137 Å². The molecule has 4 aromatic rings. The van der Waals surface area contributed by atoms with Gasteiger partial charge in [0.2, 0.25) is 11.8 Å². The first-order valence-corrected chi connectivity index (χ1v) is 17.4. The van der Waals surface area contributed by atoms with Crippen molar-refractivity contribution >= 4 is 23.6 Å². The van der Waals surface area contributed by atoms with Gasteiger partial charge in [0.1, 0.15) is 11.8 Å². The molecule has 0 spiro atoms. The Kier molecular flexibility index (Phi) is 14.2. The summed E-state index contributed by atoms with van der Waals surface area (Å²) in [6, 6.07) is 26.6. The Morgan fingerprint density at radius 3 is 2.13 bits per heavy atom. The van der Waals surface area contributed by atoms with Gasteiger partial charge in [0, 0.05) is 51.4 Å². The Balaban J connectivity index is 1.35. The van der Waals surface area contributed by atoms with E-state index in [9.17, 15) is 31.5 Å². The van der Waals surface area contributed by atoms with Crippen molar-refractivity contribution in [1.82, 2.24) is 9.80 Å². The lowest BCUT2D eigenvalue weighted by atomic mass is 10.0. The third-order valence-electron chi connectivity index (χ3n) is 8.90. The second kappa shape index (κ2) is 19.2. The molecule has 54 heavy (non-hydrogen) atoms. The summed E-state index contributed by atoms with van der Waals surface area (Å²) in [5.74, 6) is -0.799. The van der Waals surface area contributed by atoms with Crippen molar-refractivity contribution in [3.8, 4) is 5.75 Å². The lowest BCUT2D eigenvalue weighted by molar-refractivity contribution is -0.143. The number of hydrogen-bond donors (Lipinski definition) is 0. The normalized spacial score (nSPS) is 13.9. The lowest BCUT2D eigenvalue weighted by Gasteiger charge is -2.33. The number of carbonyl (C=O) groups excluding carboxylic acids is 2. The summed E-state index contributed by atoms with van der Waals surface area (Å²) in [7, 11) is 1.62. The predicted octanol–water partition coefficient (Wildman–Crippen LogP) is 7.47. The van der Waals surface area contributed by atoms with Crippen LogP contribution < -0.4 is 9.64 Å². The highest BCUT2D eigenvalue weighted by Gasteiger charge is 2.32. The molecule has 0 radical (unpaired) electrons. The molecule has 1 fully saturated rings. The molecule has 2 amide bonds. The molecule has 286 valence electrons. The summed E-state index contributed by atoms with van der Waals surface area (Å²) in [5, 5.41) is 0. The van der Waals surface area contributed by atoms with E-state index in [1.54, 1.807) is 19.2 Å². The summed E-state index contributed by atoms with van der Waals surface area (Å²) in [4.78, 5) is 33.6. The highest BCUT2D eigenvalue weighted by Crippen LogP contribution is 2.29. The first kappa shape index (κ1) is 39.9. The highest BCUT2D eigenvalue weighted by molar-refractivity contribution is 5.95. The number of ether oxygens (including phenoxy) is 3. The Bertz CT molecular complexity index is 1800. The molecule has 1 saturated heterocycles. The molecule has 13 heteroatoms. The first-order chi connectivity index (χ1) is 26.0. The average Bonchev–Trinajstić information content (AvgIpc) is 3.17. The third-order valence-corrected chi connectivity index (χ3v) is 8.90. The molecule has 0 aliphatic carbocycles. The minimum absolute atomic E-state index is 0.0323. The number of hydrogen-bond acceptors (Lipinski definition) is 6. The Hall–Kier alpha value is -5.27. The SMILES string of the molecule is CN(CCOCc1ccc(OC(F)F)cc1)C(=O)[C@H](Cc1ccccc1)N(Cc1ccc(N2CCOCC2)cc1)C(=O)/C=C/c1ccc(C(F)(F)F)cc1. The van der Waals surface area contributed by atoms with Crippen LogP contribution in [-0.4, -0.2) is 80.8 Å². The fourth-order valence-corrected chi connectivity index (χ4v) is 5.91. The zero-order valence-corrected chi connectivity index (χ0v) is 29.8. The van der Waals surface area contributed by atoms with Gasteiger partial charge in [-0.3, -0.25) is 9.59 Å². The standard InChI is InChI=1S/C41H42F5N3O5/c1-47(21-24-53-29-33-11-18-36(19-12-33)54-40(42)43)39(51)37(27-31-5-3-2-4-6-31)49(28-32-9-16-35(17-10-32)48-22-25-52-26-23-48)38(50)20-13-30-7-14-34(15-8-30)41(44,45)46/h2-20,37,40H,21-29H2,1H3/b20-13+/t37-/m0/s1. The van der Waals surface area contributed by atoms with Crippen LogP contribution in [0.15, 0.2) is 109 Å². The molecule has 1 heterocycles. The van der Waals surface area contributed by atoms with E-state index in [4.69, 9.17) is 9.47 Å². The number of anilines is 1. The maximum absolute atomic E-state index is 14.3. The van der Waals surface area contributed by atoms with E-state index >= 15 is 0 Å². The van der Waals surface area contributed by atoms with Crippen LogP contribution in [0.5, 0.6) is 5.75 Å². The van der Waals surface area contributed by atoms with E-state index in [0.29, 0.717) is 18.8 Å². The second-order valence-corrected chi connectivity index (χ2v) is 12.7. The van der Waals surface area contributed by atoms with Gasteiger partial charge >= 0.3 is 12.8 Å². The van der Waals surface area contributed by atoms with Gasteiger partial charge in [-0.1, -0.05) is 66.7 Å². The summed E-state index contributed by atoms with van der Waals surface area (Å²) in [6.45, 7) is 0.438. The predicted molar refractivity (Wildman–Crippen MR) is 195 cm³/mol. The molecule has 0 bridgehead atoms. The molecule has 8 nitrogen and oxygen atoms in total. The van der Waals surface area contributed by atoms with E-state index in [1.807, 2.05) is 54.6 Å². The van der Waals surface area contributed by atoms with Gasteiger partial charge in [0.05, 0.1) is 32.0 Å². The van der Waals surface area contributed by atoms with Crippen molar-refractivity contribution in [1.29, 1.82) is 0 Å². The number of amides is 2. The smallest absolute Gasteiger partial charge is 0.416 e. The van der Waals surface area contributed by atoms with Crippen molar-refractivity contribution in [2.24, 2.45) is 0 Å². The largest absolute Gasteiger partial charge is 0.435 e. The molecular formula is C41H42F5N3O5. The summed E-state index contributed by atoms with van der Waals surface area (Å²) in [6.07, 6.45) is -1.58. The number of likely N-dealkylation sites (N-methyl/N-ethyl adjacent to an activating group) is 1. The molecule has 1 aliphatic rings. The Labute approximate surface area is 311 Å². The molecule has 4 aromatic carbocycles. The van der Waals surface area contributed by atoms with Crippen LogP contribution in [0, 0.1) is 0 Å². The zero-order valence-electron chi connectivity index (χ0n) is 29.8.